The highest BCUT2D eigenvalue weighted by atomic mass is 32.2. The summed E-state index contributed by atoms with van der Waals surface area (Å²) in [6.07, 6.45) is 2.49. The maximum Gasteiger partial charge on any atom is 0.168 e. The molecule has 0 saturated heterocycles. The molecule has 0 fully saturated rings. The van der Waals surface area contributed by atoms with Crippen LogP contribution in [0.4, 0.5) is 14.6 Å². The molecule has 0 aliphatic rings. The van der Waals surface area contributed by atoms with Crippen molar-refractivity contribution in [1.29, 1.82) is 0 Å². The van der Waals surface area contributed by atoms with Crippen LogP contribution in [0.3, 0.4) is 0 Å². The summed E-state index contributed by atoms with van der Waals surface area (Å²) in [7, 11) is -0.967. The van der Waals surface area contributed by atoms with E-state index in [1.807, 2.05) is 0 Å². The number of hydrogen-bond donors (Lipinski definition) is 1. The normalized spacial score (nSPS) is 14.7. The highest BCUT2D eigenvalue weighted by Gasteiger charge is 2.09. The Morgan fingerprint density at radius 1 is 1.60 bits per heavy atom. The van der Waals surface area contributed by atoms with Crippen molar-refractivity contribution in [2.75, 3.05) is 17.3 Å². The average Bonchev–Trinajstić information content (AvgIpc) is 2.08. The third-order valence-electron chi connectivity index (χ3n) is 1.68. The van der Waals surface area contributed by atoms with Crippen LogP contribution < -0.4 is 5.32 Å². The molecule has 0 amide bonds. The molecule has 2 unspecified atom stereocenters. The van der Waals surface area contributed by atoms with Gasteiger partial charge in [-0.05, 0) is 6.92 Å². The molecule has 1 N–H and O–H groups in total. The summed E-state index contributed by atoms with van der Waals surface area (Å²) in [5.74, 6) is -1.10. The Kier molecular flexibility index (Phi) is 4.14. The van der Waals surface area contributed by atoms with E-state index in [1.54, 1.807) is 13.2 Å². The maximum atomic E-state index is 13.1. The fourth-order valence-electron chi connectivity index (χ4n) is 1.15. The summed E-state index contributed by atoms with van der Waals surface area (Å²) < 4.78 is 36.5. The van der Waals surface area contributed by atoms with E-state index in [2.05, 4.69) is 10.3 Å². The molecule has 1 rings (SSSR count). The van der Waals surface area contributed by atoms with Gasteiger partial charge < -0.3 is 5.32 Å². The van der Waals surface area contributed by atoms with E-state index in [-0.39, 0.29) is 11.9 Å². The summed E-state index contributed by atoms with van der Waals surface area (Å²) in [6, 6.07) is 0.577. The van der Waals surface area contributed by atoms with E-state index in [9.17, 15) is 13.0 Å². The van der Waals surface area contributed by atoms with Crippen molar-refractivity contribution in [3.8, 4) is 0 Å². The van der Waals surface area contributed by atoms with Crippen LogP contribution in [-0.2, 0) is 10.8 Å². The Morgan fingerprint density at radius 2 is 2.27 bits per heavy atom. The second kappa shape index (κ2) is 5.16. The smallest absolute Gasteiger partial charge is 0.168 e. The molecule has 1 aromatic rings. The number of halogens is 2. The van der Waals surface area contributed by atoms with Gasteiger partial charge in [0.25, 0.3) is 0 Å². The van der Waals surface area contributed by atoms with Crippen molar-refractivity contribution in [2.24, 2.45) is 0 Å². The lowest BCUT2D eigenvalue weighted by Crippen LogP contribution is -2.23. The van der Waals surface area contributed by atoms with E-state index >= 15 is 0 Å². The zero-order valence-electron chi connectivity index (χ0n) is 8.46. The van der Waals surface area contributed by atoms with Crippen LogP contribution in [0.15, 0.2) is 12.3 Å². The van der Waals surface area contributed by atoms with Gasteiger partial charge in [0.1, 0.15) is 5.82 Å². The van der Waals surface area contributed by atoms with E-state index < -0.39 is 22.4 Å². The molecule has 15 heavy (non-hydrogen) atoms. The quantitative estimate of drug-likeness (QED) is 0.859. The summed E-state index contributed by atoms with van der Waals surface area (Å²) in [4.78, 5) is 3.57. The topological polar surface area (TPSA) is 42.0 Å². The van der Waals surface area contributed by atoms with Crippen LogP contribution in [0, 0.1) is 11.6 Å². The van der Waals surface area contributed by atoms with E-state index in [1.165, 1.54) is 0 Å². The maximum absolute atomic E-state index is 13.1. The largest absolute Gasteiger partial charge is 0.364 e. The molecule has 2 atom stereocenters. The molecule has 0 aliphatic carbocycles. The Hall–Kier alpha value is -1.04. The number of nitrogens with zero attached hydrogens (tertiary/aromatic N) is 1. The highest BCUT2D eigenvalue weighted by Crippen LogP contribution is 2.12. The minimum Gasteiger partial charge on any atom is -0.364 e. The first kappa shape index (κ1) is 12.0. The van der Waals surface area contributed by atoms with Crippen LogP contribution in [-0.4, -0.2) is 27.2 Å². The third-order valence-corrected chi connectivity index (χ3v) is 2.65. The van der Waals surface area contributed by atoms with Crippen molar-refractivity contribution in [3.63, 3.8) is 0 Å². The molecular weight excluding hydrogens is 222 g/mol. The standard InChI is InChI=1S/C9H12F2N2OS/c1-6(5-15(2)14)13-9-8(11)3-7(10)4-12-9/h3-4,6H,5H2,1-2H3,(H,12,13). The van der Waals surface area contributed by atoms with Gasteiger partial charge in [0.05, 0.1) is 6.20 Å². The Bertz CT molecular complexity index is 373. The predicted molar refractivity (Wildman–Crippen MR) is 56.2 cm³/mol. The predicted octanol–water partition coefficient (Wildman–Crippen LogP) is 1.54. The minimum absolute atomic E-state index is 0.0191. The van der Waals surface area contributed by atoms with Crippen LogP contribution in [0.2, 0.25) is 0 Å². The van der Waals surface area contributed by atoms with Crippen LogP contribution in [0.5, 0.6) is 0 Å². The van der Waals surface area contributed by atoms with Crippen molar-refractivity contribution in [2.45, 2.75) is 13.0 Å². The molecule has 0 radical (unpaired) electrons. The zero-order chi connectivity index (χ0) is 11.4. The number of rotatable bonds is 4. The lowest BCUT2D eigenvalue weighted by molar-refractivity contribution is 0.574. The molecule has 0 saturated carbocycles. The third kappa shape index (κ3) is 3.91. The molecule has 0 spiro atoms. The second-order valence-corrected chi connectivity index (χ2v) is 4.75. The van der Waals surface area contributed by atoms with Gasteiger partial charge in [0.2, 0.25) is 0 Å². The minimum atomic E-state index is -0.967. The van der Waals surface area contributed by atoms with Gasteiger partial charge in [-0.2, -0.15) is 0 Å². The summed E-state index contributed by atoms with van der Waals surface area (Å²) >= 11 is 0. The summed E-state index contributed by atoms with van der Waals surface area (Å²) in [5, 5.41) is 2.72. The number of aromatic nitrogens is 1. The van der Waals surface area contributed by atoms with Gasteiger partial charge in [0.15, 0.2) is 11.6 Å². The van der Waals surface area contributed by atoms with E-state index in [0.29, 0.717) is 5.75 Å². The molecule has 3 nitrogen and oxygen atoms in total. The van der Waals surface area contributed by atoms with Gasteiger partial charge >= 0.3 is 0 Å². The molecule has 1 aromatic heterocycles. The highest BCUT2D eigenvalue weighted by molar-refractivity contribution is 7.84. The number of nitrogens with one attached hydrogen (secondary N) is 1. The van der Waals surface area contributed by atoms with Gasteiger partial charge in [-0.25, -0.2) is 13.8 Å². The zero-order valence-corrected chi connectivity index (χ0v) is 9.28. The number of hydrogen-bond acceptors (Lipinski definition) is 3. The molecule has 0 aliphatic heterocycles. The second-order valence-electron chi connectivity index (χ2n) is 3.27. The molecular formula is C9H12F2N2OS. The number of anilines is 1. The first-order valence-corrected chi connectivity index (χ1v) is 6.09. The molecule has 84 valence electrons. The van der Waals surface area contributed by atoms with Gasteiger partial charge in [0, 0.05) is 34.9 Å². The fourth-order valence-corrected chi connectivity index (χ4v) is 1.94. The monoisotopic (exact) mass is 234 g/mol. The summed E-state index contributed by atoms with van der Waals surface area (Å²) in [5.41, 5.74) is 0. The first-order valence-electron chi connectivity index (χ1n) is 4.36. The van der Waals surface area contributed by atoms with Gasteiger partial charge in [-0.1, -0.05) is 0 Å². The fraction of sp³-hybridized carbons (Fsp3) is 0.444. The van der Waals surface area contributed by atoms with Crippen molar-refractivity contribution in [3.05, 3.63) is 23.9 Å². The van der Waals surface area contributed by atoms with Crippen molar-refractivity contribution < 1.29 is 13.0 Å². The Labute approximate surface area is 89.4 Å². The van der Waals surface area contributed by atoms with Crippen LogP contribution >= 0.6 is 0 Å². The molecule has 0 aromatic carbocycles. The lowest BCUT2D eigenvalue weighted by atomic mass is 10.3. The SMILES string of the molecule is CC(CS(C)=O)Nc1ncc(F)cc1F. The van der Waals surface area contributed by atoms with E-state index in [4.69, 9.17) is 0 Å². The van der Waals surface area contributed by atoms with Gasteiger partial charge in [-0.15, -0.1) is 0 Å². The number of pyridine rings is 1. The van der Waals surface area contributed by atoms with Crippen LogP contribution in [0.1, 0.15) is 6.92 Å². The molecule has 6 heteroatoms. The Balaban J connectivity index is 2.68. The molecule has 0 bridgehead atoms. The van der Waals surface area contributed by atoms with Gasteiger partial charge in [-0.3, -0.25) is 4.21 Å². The Morgan fingerprint density at radius 3 is 2.80 bits per heavy atom. The van der Waals surface area contributed by atoms with Crippen molar-refractivity contribution >= 4 is 16.6 Å². The van der Waals surface area contributed by atoms with E-state index in [0.717, 1.165) is 12.3 Å². The average molecular weight is 234 g/mol. The molecule has 1 heterocycles. The summed E-state index contributed by atoms with van der Waals surface area (Å²) in [6.45, 7) is 1.76. The first-order chi connectivity index (χ1) is 6.99. The lowest BCUT2D eigenvalue weighted by Gasteiger charge is -2.13. The van der Waals surface area contributed by atoms with Crippen molar-refractivity contribution in [1.82, 2.24) is 4.98 Å². The van der Waals surface area contributed by atoms with Crippen LogP contribution in [0.25, 0.3) is 0 Å².